The molecule has 0 aliphatic heterocycles. The van der Waals surface area contributed by atoms with Gasteiger partial charge in [0.2, 0.25) is 0 Å². The molecule has 0 aromatic carbocycles. The summed E-state index contributed by atoms with van der Waals surface area (Å²) in [4.78, 5) is 33.4. The zero-order chi connectivity index (χ0) is 22.0. The fourth-order valence-electron chi connectivity index (χ4n) is 3.61. The van der Waals surface area contributed by atoms with Gasteiger partial charge in [-0.2, -0.15) is 0 Å². The van der Waals surface area contributed by atoms with Crippen LogP contribution in [0.2, 0.25) is 0 Å². The van der Waals surface area contributed by atoms with Crippen molar-refractivity contribution in [2.24, 2.45) is 0 Å². The van der Waals surface area contributed by atoms with Gasteiger partial charge in [0, 0.05) is 0 Å². The molecular formula is C22H40NO6+. The zero-order valence-corrected chi connectivity index (χ0v) is 18.0. The number of hydrogen-bond donors (Lipinski definition) is 3. The summed E-state index contributed by atoms with van der Waals surface area (Å²) in [5, 5.41) is 27.2. The molecule has 0 heterocycles. The molecule has 0 fully saturated rings. The molecule has 0 aliphatic rings. The molecule has 0 unspecified atom stereocenters. The van der Waals surface area contributed by atoms with Gasteiger partial charge in [0.05, 0.1) is 6.54 Å². The lowest BCUT2D eigenvalue weighted by Gasteiger charge is -2.34. The van der Waals surface area contributed by atoms with Gasteiger partial charge in [-0.1, -0.05) is 57.6 Å². The molecule has 0 saturated carbocycles. The largest absolute Gasteiger partial charge is 0.477 e. The number of hydrogen-bond acceptors (Lipinski definition) is 3. The molecule has 0 aromatic heterocycles. The molecule has 3 N–H and O–H groups in total. The van der Waals surface area contributed by atoms with Gasteiger partial charge in [-0.25, -0.2) is 14.4 Å². The van der Waals surface area contributed by atoms with Crippen LogP contribution in [0.15, 0.2) is 12.2 Å². The number of carboxylic acid groups (broad SMARTS) is 3. The summed E-state index contributed by atoms with van der Waals surface area (Å²) in [5.74, 6) is -3.53. The van der Waals surface area contributed by atoms with Crippen molar-refractivity contribution in [2.45, 2.75) is 84.0 Å². The van der Waals surface area contributed by atoms with E-state index in [-0.39, 0.29) is 6.54 Å². The maximum Gasteiger partial charge on any atom is 0.359 e. The van der Waals surface area contributed by atoms with E-state index in [1.165, 1.54) is 32.1 Å². The van der Waals surface area contributed by atoms with Crippen LogP contribution < -0.4 is 0 Å². The number of carboxylic acids is 3. The number of quaternary nitrogens is 1. The molecule has 7 heteroatoms. The predicted octanol–water partition coefficient (Wildman–Crippen LogP) is 4.31. The Morgan fingerprint density at radius 3 is 1.41 bits per heavy atom. The van der Waals surface area contributed by atoms with Crippen molar-refractivity contribution in [3.05, 3.63) is 12.2 Å². The van der Waals surface area contributed by atoms with Crippen LogP contribution in [0.25, 0.3) is 0 Å². The van der Waals surface area contributed by atoms with E-state index in [0.717, 1.165) is 38.5 Å². The molecule has 7 nitrogen and oxygen atoms in total. The molecule has 0 bridgehead atoms. The average molecular weight is 415 g/mol. The van der Waals surface area contributed by atoms with Gasteiger partial charge < -0.3 is 15.3 Å². The van der Waals surface area contributed by atoms with Crippen LogP contribution in [0.3, 0.4) is 0 Å². The standard InChI is InChI=1S/C22H39NO6/c1-2-3-4-5-6-7-8-9-10-11-12-13-14-15-16-23(17-20(24)25,18-21(26)27)19-22(28)29/h7-8H,2-6,9-19H2,1H3,(H2-,24,25,26,27,28,29)/p+1/b8-7+. The Balaban J connectivity index is 4.02. The van der Waals surface area contributed by atoms with E-state index in [9.17, 15) is 14.4 Å². The van der Waals surface area contributed by atoms with E-state index < -0.39 is 42.0 Å². The summed E-state index contributed by atoms with van der Waals surface area (Å²) in [6.45, 7) is 1.02. The third kappa shape index (κ3) is 16.7. The average Bonchev–Trinajstić information content (AvgIpc) is 2.60. The first-order chi connectivity index (χ1) is 13.8. The molecule has 168 valence electrons. The Morgan fingerprint density at radius 2 is 1.00 bits per heavy atom. The topological polar surface area (TPSA) is 112 Å². The summed E-state index contributed by atoms with van der Waals surface area (Å²) in [6, 6.07) is 0. The van der Waals surface area contributed by atoms with Gasteiger partial charge in [0.25, 0.3) is 0 Å². The molecule has 0 atom stereocenters. The van der Waals surface area contributed by atoms with Crippen molar-refractivity contribution < 1.29 is 34.2 Å². The first-order valence-corrected chi connectivity index (χ1v) is 11.0. The van der Waals surface area contributed by atoms with Gasteiger partial charge in [0.15, 0.2) is 19.6 Å². The van der Waals surface area contributed by atoms with Crippen molar-refractivity contribution >= 4 is 17.9 Å². The van der Waals surface area contributed by atoms with Gasteiger partial charge in [0.1, 0.15) is 0 Å². The number of unbranched alkanes of at least 4 members (excludes halogenated alkanes) is 10. The number of carbonyl (C=O) groups is 3. The molecule has 0 saturated heterocycles. The highest BCUT2D eigenvalue weighted by Gasteiger charge is 2.35. The fraction of sp³-hybridized carbons (Fsp3) is 0.773. The molecule has 0 rings (SSSR count). The van der Waals surface area contributed by atoms with Crippen LogP contribution in [-0.4, -0.2) is 63.9 Å². The smallest absolute Gasteiger partial charge is 0.359 e. The summed E-state index contributed by atoms with van der Waals surface area (Å²) in [6.07, 6.45) is 17.8. The number of rotatable bonds is 20. The minimum Gasteiger partial charge on any atom is -0.477 e. The summed E-state index contributed by atoms with van der Waals surface area (Å²) < 4.78 is -0.441. The minimum atomic E-state index is -1.18. The van der Waals surface area contributed by atoms with Crippen molar-refractivity contribution in [1.29, 1.82) is 0 Å². The van der Waals surface area contributed by atoms with Crippen molar-refractivity contribution in [2.75, 3.05) is 26.2 Å². The van der Waals surface area contributed by atoms with Gasteiger partial charge in [-0.3, -0.25) is 4.48 Å². The second-order valence-electron chi connectivity index (χ2n) is 7.95. The lowest BCUT2D eigenvalue weighted by atomic mass is 10.1. The molecule has 29 heavy (non-hydrogen) atoms. The molecule has 0 amide bonds. The summed E-state index contributed by atoms with van der Waals surface area (Å²) in [7, 11) is 0. The minimum absolute atomic E-state index is 0.256. The van der Waals surface area contributed by atoms with E-state index in [1.807, 2.05) is 0 Å². The number of nitrogens with zero attached hydrogens (tertiary/aromatic N) is 1. The van der Waals surface area contributed by atoms with Crippen LogP contribution in [0.4, 0.5) is 0 Å². The van der Waals surface area contributed by atoms with Crippen LogP contribution in [0.1, 0.15) is 84.0 Å². The highest BCUT2D eigenvalue weighted by atomic mass is 16.4. The number of aliphatic carboxylic acids is 3. The first kappa shape index (κ1) is 27.1. The molecule has 0 radical (unpaired) electrons. The van der Waals surface area contributed by atoms with E-state index in [1.54, 1.807) is 0 Å². The van der Waals surface area contributed by atoms with E-state index in [0.29, 0.717) is 6.42 Å². The quantitative estimate of drug-likeness (QED) is 0.155. The zero-order valence-electron chi connectivity index (χ0n) is 18.0. The maximum atomic E-state index is 11.1. The van der Waals surface area contributed by atoms with E-state index in [2.05, 4.69) is 19.1 Å². The summed E-state index contributed by atoms with van der Waals surface area (Å²) in [5.41, 5.74) is 0. The van der Waals surface area contributed by atoms with Crippen molar-refractivity contribution in [3.8, 4) is 0 Å². The molecular weight excluding hydrogens is 374 g/mol. The first-order valence-electron chi connectivity index (χ1n) is 11.0. The Morgan fingerprint density at radius 1 is 0.621 bits per heavy atom. The van der Waals surface area contributed by atoms with Crippen molar-refractivity contribution in [1.82, 2.24) is 0 Å². The Bertz CT molecular complexity index is 463. The second kappa shape index (κ2) is 17.0. The summed E-state index contributed by atoms with van der Waals surface area (Å²) >= 11 is 0. The fourth-order valence-corrected chi connectivity index (χ4v) is 3.61. The van der Waals surface area contributed by atoms with Crippen LogP contribution >= 0.6 is 0 Å². The lowest BCUT2D eigenvalue weighted by molar-refractivity contribution is -0.907. The normalized spacial score (nSPS) is 11.8. The SMILES string of the molecule is CCCCCC/C=C/CCCCCCCC[N+](CC(=O)O)(CC(=O)O)CC(=O)O. The van der Waals surface area contributed by atoms with Crippen LogP contribution in [0.5, 0.6) is 0 Å². The predicted molar refractivity (Wildman–Crippen MR) is 113 cm³/mol. The maximum absolute atomic E-state index is 11.1. The number of allylic oxidation sites excluding steroid dienone is 2. The van der Waals surface area contributed by atoms with E-state index >= 15 is 0 Å². The van der Waals surface area contributed by atoms with Crippen LogP contribution in [0, 0.1) is 0 Å². The second-order valence-corrected chi connectivity index (χ2v) is 7.95. The molecule has 0 aliphatic carbocycles. The van der Waals surface area contributed by atoms with Crippen molar-refractivity contribution in [3.63, 3.8) is 0 Å². The molecule has 0 spiro atoms. The van der Waals surface area contributed by atoms with Crippen LogP contribution in [-0.2, 0) is 14.4 Å². The third-order valence-corrected chi connectivity index (χ3v) is 5.06. The third-order valence-electron chi connectivity index (χ3n) is 5.06. The van der Waals surface area contributed by atoms with Gasteiger partial charge in [-0.05, 0) is 38.5 Å². The van der Waals surface area contributed by atoms with E-state index in [4.69, 9.17) is 15.3 Å². The Labute approximate surface area is 175 Å². The Hall–Kier alpha value is -1.89. The van der Waals surface area contributed by atoms with Gasteiger partial charge >= 0.3 is 17.9 Å². The lowest BCUT2D eigenvalue weighted by Crippen LogP contribution is -2.57. The monoisotopic (exact) mass is 414 g/mol. The highest BCUT2D eigenvalue weighted by molar-refractivity contribution is 5.73. The van der Waals surface area contributed by atoms with Gasteiger partial charge in [-0.15, -0.1) is 0 Å². The highest BCUT2D eigenvalue weighted by Crippen LogP contribution is 2.14. The molecule has 0 aromatic rings. The Kier molecular flexibility index (Phi) is 15.9.